The van der Waals surface area contributed by atoms with E-state index in [0.29, 0.717) is 0 Å². The van der Waals surface area contributed by atoms with Gasteiger partial charge in [0.05, 0.1) is 11.0 Å². The molecule has 0 spiro atoms. The summed E-state index contributed by atoms with van der Waals surface area (Å²) >= 11 is 0. The highest BCUT2D eigenvalue weighted by Crippen LogP contribution is 2.39. The molecule has 0 aliphatic carbocycles. The minimum Gasteiger partial charge on any atom is -0.292 e. The number of pyridine rings is 1. The second kappa shape index (κ2) is 7.93. The van der Waals surface area contributed by atoms with Gasteiger partial charge < -0.3 is 0 Å². The van der Waals surface area contributed by atoms with Crippen molar-refractivity contribution in [1.29, 1.82) is 0 Å². The van der Waals surface area contributed by atoms with Crippen molar-refractivity contribution in [2.45, 2.75) is 0 Å². The highest BCUT2D eigenvalue weighted by molar-refractivity contribution is 6.24. The van der Waals surface area contributed by atoms with Crippen LogP contribution >= 0.6 is 0 Å². The lowest BCUT2D eigenvalue weighted by Crippen LogP contribution is -1.98. The van der Waals surface area contributed by atoms with Gasteiger partial charge in [-0.3, -0.25) is 9.55 Å². The van der Waals surface area contributed by atoms with Crippen molar-refractivity contribution in [3.05, 3.63) is 128 Å². The molecule has 0 N–H and O–H groups in total. The number of imidazole rings is 1. The smallest absolute Gasteiger partial charge is 0.145 e. The van der Waals surface area contributed by atoms with Crippen LogP contribution in [0.25, 0.3) is 60.8 Å². The fourth-order valence-electron chi connectivity index (χ4n) is 5.07. The number of rotatable bonds is 3. The average Bonchev–Trinajstić information content (AvgIpc) is 3.35. The first-order valence-corrected chi connectivity index (χ1v) is 11.8. The van der Waals surface area contributed by atoms with E-state index in [1.807, 2.05) is 12.3 Å². The standard InChI is InChI=1S/C32H21N3/c1-2-10-25(11-3-1)35-31-29-15-7-5-13-27(29)26-12-4-6-14-28(26)30(31)34-32(35)23-18-16-22(17-19-23)24-9-8-20-33-21-24/h1-21H. The molecule has 0 aliphatic rings. The molecule has 0 saturated carbocycles. The van der Waals surface area contributed by atoms with Crippen molar-refractivity contribution in [2.75, 3.05) is 0 Å². The molecule has 164 valence electrons. The van der Waals surface area contributed by atoms with Gasteiger partial charge in [-0.05, 0) is 40.1 Å². The lowest BCUT2D eigenvalue weighted by Gasteiger charge is -2.12. The Labute approximate surface area is 203 Å². The number of hydrogen-bond acceptors (Lipinski definition) is 2. The molecular formula is C32H21N3. The first kappa shape index (κ1) is 19.7. The predicted molar refractivity (Wildman–Crippen MR) is 145 cm³/mol. The molecule has 0 aliphatic heterocycles. The van der Waals surface area contributed by atoms with E-state index in [1.54, 1.807) is 6.20 Å². The van der Waals surface area contributed by atoms with E-state index in [9.17, 15) is 0 Å². The lowest BCUT2D eigenvalue weighted by molar-refractivity contribution is 1.11. The molecule has 2 heterocycles. The molecule has 0 bridgehead atoms. The molecular weight excluding hydrogens is 426 g/mol. The van der Waals surface area contributed by atoms with Gasteiger partial charge in [0.1, 0.15) is 5.82 Å². The predicted octanol–water partition coefficient (Wildman–Crippen LogP) is 8.06. The minimum atomic E-state index is 0.936. The van der Waals surface area contributed by atoms with Gasteiger partial charge in [-0.25, -0.2) is 4.98 Å². The fraction of sp³-hybridized carbons (Fsp3) is 0. The summed E-state index contributed by atoms with van der Waals surface area (Å²) in [6, 6.07) is 40.4. The number of hydrogen-bond donors (Lipinski definition) is 0. The third-order valence-corrected chi connectivity index (χ3v) is 6.68. The Morgan fingerprint density at radius 1 is 0.486 bits per heavy atom. The molecule has 7 rings (SSSR count). The van der Waals surface area contributed by atoms with Crippen LogP contribution in [0.15, 0.2) is 128 Å². The van der Waals surface area contributed by atoms with Gasteiger partial charge in [0.25, 0.3) is 0 Å². The number of fused-ring (bicyclic) bond motifs is 6. The molecule has 0 atom stereocenters. The highest BCUT2D eigenvalue weighted by Gasteiger charge is 2.19. The minimum absolute atomic E-state index is 0.936. The molecule has 0 saturated heterocycles. The van der Waals surface area contributed by atoms with Crippen molar-refractivity contribution in [2.24, 2.45) is 0 Å². The van der Waals surface area contributed by atoms with Gasteiger partial charge in [0.2, 0.25) is 0 Å². The summed E-state index contributed by atoms with van der Waals surface area (Å²) in [5.41, 5.74) is 6.58. The summed E-state index contributed by atoms with van der Waals surface area (Å²) in [5, 5.41) is 4.85. The van der Waals surface area contributed by atoms with Crippen LogP contribution in [0.2, 0.25) is 0 Å². The van der Waals surface area contributed by atoms with Crippen LogP contribution in [0, 0.1) is 0 Å². The molecule has 7 aromatic rings. The highest BCUT2D eigenvalue weighted by atomic mass is 15.1. The molecule has 0 radical (unpaired) electrons. The third-order valence-electron chi connectivity index (χ3n) is 6.68. The van der Waals surface area contributed by atoms with Crippen LogP contribution in [-0.2, 0) is 0 Å². The Morgan fingerprint density at radius 3 is 1.83 bits per heavy atom. The van der Waals surface area contributed by atoms with Crippen LogP contribution in [0.5, 0.6) is 0 Å². The number of para-hydroxylation sites is 1. The van der Waals surface area contributed by atoms with Crippen molar-refractivity contribution in [3.63, 3.8) is 0 Å². The van der Waals surface area contributed by atoms with Crippen LogP contribution in [0.4, 0.5) is 0 Å². The maximum Gasteiger partial charge on any atom is 0.145 e. The molecule has 0 amide bonds. The summed E-state index contributed by atoms with van der Waals surface area (Å²) in [7, 11) is 0. The zero-order valence-electron chi connectivity index (χ0n) is 19.0. The topological polar surface area (TPSA) is 30.7 Å². The Kier molecular flexibility index (Phi) is 4.46. The Balaban J connectivity index is 1.57. The van der Waals surface area contributed by atoms with E-state index < -0.39 is 0 Å². The summed E-state index contributed by atoms with van der Waals surface area (Å²) < 4.78 is 2.31. The summed E-state index contributed by atoms with van der Waals surface area (Å²) in [5.74, 6) is 0.936. The first-order valence-electron chi connectivity index (χ1n) is 11.8. The van der Waals surface area contributed by atoms with Gasteiger partial charge in [-0.2, -0.15) is 0 Å². The number of benzene rings is 5. The van der Waals surface area contributed by atoms with E-state index >= 15 is 0 Å². The Hall–Kier alpha value is -4.76. The van der Waals surface area contributed by atoms with Gasteiger partial charge in [0.15, 0.2) is 0 Å². The molecule has 0 fully saturated rings. The molecule has 2 aromatic heterocycles. The van der Waals surface area contributed by atoms with Crippen molar-refractivity contribution in [3.8, 4) is 28.2 Å². The average molecular weight is 448 g/mol. The molecule has 3 heteroatoms. The second-order valence-corrected chi connectivity index (χ2v) is 8.71. The monoisotopic (exact) mass is 447 g/mol. The maximum atomic E-state index is 5.29. The Bertz CT molecular complexity index is 1820. The quantitative estimate of drug-likeness (QED) is 0.256. The van der Waals surface area contributed by atoms with Crippen LogP contribution in [0.3, 0.4) is 0 Å². The largest absolute Gasteiger partial charge is 0.292 e. The van der Waals surface area contributed by atoms with Gasteiger partial charge in [0, 0.05) is 34.4 Å². The van der Waals surface area contributed by atoms with Gasteiger partial charge in [-0.15, -0.1) is 0 Å². The van der Waals surface area contributed by atoms with E-state index in [4.69, 9.17) is 4.98 Å². The van der Waals surface area contributed by atoms with Crippen molar-refractivity contribution >= 4 is 32.6 Å². The SMILES string of the molecule is c1ccc(-n2c(-c3ccc(-c4cccnc4)cc3)nc3c4ccccc4c4ccccc4c32)cc1. The summed E-state index contributed by atoms with van der Waals surface area (Å²) in [4.78, 5) is 9.56. The van der Waals surface area contributed by atoms with E-state index in [-0.39, 0.29) is 0 Å². The van der Waals surface area contributed by atoms with E-state index in [0.717, 1.165) is 39.2 Å². The molecule has 3 nitrogen and oxygen atoms in total. The second-order valence-electron chi connectivity index (χ2n) is 8.71. The Morgan fingerprint density at radius 2 is 1.11 bits per heavy atom. The molecule has 5 aromatic carbocycles. The van der Waals surface area contributed by atoms with Crippen LogP contribution in [-0.4, -0.2) is 14.5 Å². The first-order chi connectivity index (χ1) is 17.4. The molecule has 35 heavy (non-hydrogen) atoms. The summed E-state index contributed by atoms with van der Waals surface area (Å²) in [6.07, 6.45) is 3.70. The van der Waals surface area contributed by atoms with Gasteiger partial charge in [-0.1, -0.05) is 97.1 Å². The normalized spacial score (nSPS) is 11.4. The zero-order chi connectivity index (χ0) is 23.2. The zero-order valence-corrected chi connectivity index (χ0v) is 19.0. The van der Waals surface area contributed by atoms with Crippen molar-refractivity contribution < 1.29 is 0 Å². The van der Waals surface area contributed by atoms with Crippen molar-refractivity contribution in [1.82, 2.24) is 14.5 Å². The van der Waals surface area contributed by atoms with Crippen LogP contribution in [0.1, 0.15) is 0 Å². The molecule has 0 unspecified atom stereocenters. The number of nitrogens with zero attached hydrogens (tertiary/aromatic N) is 3. The fourth-order valence-corrected chi connectivity index (χ4v) is 5.07. The van der Waals surface area contributed by atoms with E-state index in [1.165, 1.54) is 21.5 Å². The van der Waals surface area contributed by atoms with Gasteiger partial charge >= 0.3 is 0 Å². The summed E-state index contributed by atoms with van der Waals surface area (Å²) in [6.45, 7) is 0. The number of aromatic nitrogens is 3. The third kappa shape index (κ3) is 3.13. The maximum absolute atomic E-state index is 5.29. The van der Waals surface area contributed by atoms with E-state index in [2.05, 4.69) is 119 Å². The lowest BCUT2D eigenvalue weighted by atomic mass is 10.00. The van der Waals surface area contributed by atoms with Crippen LogP contribution < -0.4 is 0 Å².